The summed E-state index contributed by atoms with van der Waals surface area (Å²) in [4.78, 5) is 14.6. The fourth-order valence-corrected chi connectivity index (χ4v) is 4.61. The summed E-state index contributed by atoms with van der Waals surface area (Å²) in [6, 6.07) is 17.6. The molecular formula is C21H22N2O2. The number of benzene rings is 2. The first-order valence-electron chi connectivity index (χ1n) is 9.16. The molecule has 2 aromatic rings. The largest absolute Gasteiger partial charge is 0.448 e. The first kappa shape index (κ1) is 15.0. The number of rotatable bonds is 2. The molecule has 6 rings (SSSR count). The molecule has 128 valence electrons. The van der Waals surface area contributed by atoms with Gasteiger partial charge in [0.25, 0.3) is 0 Å². The Bertz CT molecular complexity index is 766. The van der Waals surface area contributed by atoms with Crippen LogP contribution in [-0.2, 0) is 4.74 Å². The number of carbonyl (C=O) groups is 1. The van der Waals surface area contributed by atoms with E-state index >= 15 is 0 Å². The van der Waals surface area contributed by atoms with E-state index < -0.39 is 0 Å². The minimum atomic E-state index is -0.155. The average Bonchev–Trinajstić information content (AvgIpc) is 3.01. The van der Waals surface area contributed by atoms with Gasteiger partial charge in [0.15, 0.2) is 0 Å². The van der Waals surface area contributed by atoms with Crippen LogP contribution < -0.4 is 5.32 Å². The van der Waals surface area contributed by atoms with E-state index in [-0.39, 0.29) is 12.0 Å². The molecule has 3 fully saturated rings. The van der Waals surface area contributed by atoms with Gasteiger partial charge >= 0.3 is 6.09 Å². The Morgan fingerprint density at radius 3 is 2.28 bits per heavy atom. The van der Waals surface area contributed by atoms with Crippen molar-refractivity contribution in [1.29, 1.82) is 0 Å². The molecule has 3 aliphatic heterocycles. The van der Waals surface area contributed by atoms with Gasteiger partial charge in [-0.1, -0.05) is 48.5 Å². The van der Waals surface area contributed by atoms with Crippen molar-refractivity contribution in [3.05, 3.63) is 59.7 Å². The van der Waals surface area contributed by atoms with Crippen LogP contribution in [0.4, 0.5) is 4.79 Å². The molecule has 1 aliphatic carbocycles. The molecule has 0 radical (unpaired) electrons. The topological polar surface area (TPSA) is 41.6 Å². The maximum absolute atomic E-state index is 12.6. The fraction of sp³-hybridized carbons (Fsp3) is 0.381. The van der Waals surface area contributed by atoms with Gasteiger partial charge in [-0.05, 0) is 35.1 Å². The van der Waals surface area contributed by atoms with E-state index in [1.807, 2.05) is 4.90 Å². The van der Waals surface area contributed by atoms with Crippen LogP contribution in [0.2, 0.25) is 0 Å². The number of fused-ring (bicyclic) bond motifs is 6. The van der Waals surface area contributed by atoms with Crippen molar-refractivity contribution >= 4 is 6.09 Å². The van der Waals surface area contributed by atoms with E-state index in [0.717, 1.165) is 25.9 Å². The van der Waals surface area contributed by atoms with Crippen LogP contribution in [0.1, 0.15) is 29.9 Å². The quantitative estimate of drug-likeness (QED) is 0.915. The molecule has 1 N–H and O–H groups in total. The van der Waals surface area contributed by atoms with Gasteiger partial charge in [0.1, 0.15) is 6.61 Å². The van der Waals surface area contributed by atoms with E-state index in [2.05, 4.69) is 53.8 Å². The first-order valence-corrected chi connectivity index (χ1v) is 9.16. The average molecular weight is 334 g/mol. The lowest BCUT2D eigenvalue weighted by Crippen LogP contribution is -2.62. The third kappa shape index (κ3) is 2.44. The van der Waals surface area contributed by atoms with Crippen LogP contribution in [0.25, 0.3) is 11.1 Å². The summed E-state index contributed by atoms with van der Waals surface area (Å²) in [5, 5.41) is 3.48. The van der Waals surface area contributed by atoms with Crippen LogP contribution in [0.3, 0.4) is 0 Å². The number of carbonyl (C=O) groups excluding carboxylic acids is 1. The summed E-state index contributed by atoms with van der Waals surface area (Å²) in [7, 11) is 0. The van der Waals surface area contributed by atoms with Crippen molar-refractivity contribution in [3.63, 3.8) is 0 Å². The number of piperidine rings is 2. The van der Waals surface area contributed by atoms with Crippen LogP contribution in [0.15, 0.2) is 48.5 Å². The van der Waals surface area contributed by atoms with Crippen LogP contribution in [0.5, 0.6) is 0 Å². The molecule has 2 aromatic carbocycles. The zero-order chi connectivity index (χ0) is 16.8. The van der Waals surface area contributed by atoms with Gasteiger partial charge in [-0.15, -0.1) is 0 Å². The second-order valence-electron chi connectivity index (χ2n) is 7.29. The van der Waals surface area contributed by atoms with Crippen molar-refractivity contribution in [2.75, 3.05) is 19.7 Å². The minimum Gasteiger partial charge on any atom is -0.448 e. The van der Waals surface area contributed by atoms with Crippen LogP contribution >= 0.6 is 0 Å². The second kappa shape index (κ2) is 5.88. The van der Waals surface area contributed by atoms with E-state index in [1.165, 1.54) is 22.3 Å². The van der Waals surface area contributed by atoms with Gasteiger partial charge in [0.05, 0.1) is 0 Å². The minimum absolute atomic E-state index is 0.136. The molecule has 0 unspecified atom stereocenters. The van der Waals surface area contributed by atoms with Crippen LogP contribution in [0, 0.1) is 0 Å². The Labute approximate surface area is 147 Å². The third-order valence-corrected chi connectivity index (χ3v) is 5.92. The maximum Gasteiger partial charge on any atom is 0.410 e. The summed E-state index contributed by atoms with van der Waals surface area (Å²) in [6.07, 6.45) is 2.10. The number of nitrogens with zero attached hydrogens (tertiary/aromatic N) is 1. The highest BCUT2D eigenvalue weighted by molar-refractivity contribution is 5.79. The molecule has 4 heteroatoms. The van der Waals surface area contributed by atoms with Gasteiger partial charge in [-0.2, -0.15) is 0 Å². The highest BCUT2D eigenvalue weighted by Crippen LogP contribution is 2.44. The Kier molecular flexibility index (Phi) is 3.52. The molecule has 3 heterocycles. The fourth-order valence-electron chi connectivity index (χ4n) is 4.61. The third-order valence-electron chi connectivity index (χ3n) is 5.92. The molecule has 1 amide bonds. The predicted molar refractivity (Wildman–Crippen MR) is 96.6 cm³/mol. The molecule has 0 saturated carbocycles. The van der Waals surface area contributed by atoms with Crippen molar-refractivity contribution < 1.29 is 9.53 Å². The van der Waals surface area contributed by atoms with Gasteiger partial charge in [0.2, 0.25) is 0 Å². The number of amides is 1. The smallest absolute Gasteiger partial charge is 0.410 e. The zero-order valence-electron chi connectivity index (χ0n) is 14.2. The molecule has 0 spiro atoms. The number of hydrogen-bond donors (Lipinski definition) is 1. The Morgan fingerprint density at radius 2 is 1.72 bits per heavy atom. The molecule has 25 heavy (non-hydrogen) atoms. The normalized spacial score (nSPS) is 24.1. The lowest BCUT2D eigenvalue weighted by Gasteiger charge is -2.45. The highest BCUT2D eigenvalue weighted by Gasteiger charge is 2.37. The predicted octanol–water partition coefficient (Wildman–Crippen LogP) is 3.37. The summed E-state index contributed by atoms with van der Waals surface area (Å²) >= 11 is 0. The summed E-state index contributed by atoms with van der Waals surface area (Å²) in [5.74, 6) is 0.136. The maximum atomic E-state index is 12.6. The summed E-state index contributed by atoms with van der Waals surface area (Å²) in [6.45, 7) is 2.09. The van der Waals surface area contributed by atoms with E-state index in [4.69, 9.17) is 4.74 Å². The van der Waals surface area contributed by atoms with Gasteiger partial charge < -0.3 is 15.0 Å². The van der Waals surface area contributed by atoms with Crippen molar-refractivity contribution in [3.8, 4) is 11.1 Å². The van der Waals surface area contributed by atoms with Gasteiger partial charge in [0, 0.05) is 31.1 Å². The number of nitrogens with one attached hydrogen (secondary N) is 1. The number of ether oxygens (including phenoxy) is 1. The standard InChI is InChI=1S/C21H22N2O2/c24-21(23-12-14-9-10-15(23)11-22-14)25-13-20-18-7-3-1-5-16(18)17-6-2-4-8-19(17)20/h1-8,14-15,20,22H,9-13H2/t14-,15-/m1/s1. The molecule has 4 aliphatic rings. The lowest BCUT2D eigenvalue weighted by molar-refractivity contribution is 0.0432. The lowest BCUT2D eigenvalue weighted by atomic mass is 9.93. The monoisotopic (exact) mass is 334 g/mol. The second-order valence-corrected chi connectivity index (χ2v) is 7.29. The van der Waals surface area contributed by atoms with Gasteiger partial charge in [-0.3, -0.25) is 0 Å². The first-order chi connectivity index (χ1) is 12.3. The SMILES string of the molecule is O=C(OCC1c2ccccc2-c2ccccc21)N1C[C@H]2CC[C@@H]1CN2. The van der Waals surface area contributed by atoms with E-state index in [1.54, 1.807) is 0 Å². The number of hydrogen-bond acceptors (Lipinski definition) is 3. The molecule has 3 saturated heterocycles. The Morgan fingerprint density at radius 1 is 1.04 bits per heavy atom. The molecule has 2 atom stereocenters. The molecule has 0 aromatic heterocycles. The van der Waals surface area contributed by atoms with Crippen molar-refractivity contribution in [2.45, 2.75) is 30.8 Å². The van der Waals surface area contributed by atoms with Crippen molar-refractivity contribution in [1.82, 2.24) is 10.2 Å². The summed E-state index contributed by atoms with van der Waals surface area (Å²) in [5.41, 5.74) is 5.05. The summed E-state index contributed by atoms with van der Waals surface area (Å²) < 4.78 is 5.79. The Hall–Kier alpha value is -2.33. The number of piperazine rings is 1. The molecular weight excluding hydrogens is 312 g/mol. The molecule has 2 bridgehead atoms. The van der Waals surface area contributed by atoms with Gasteiger partial charge in [-0.25, -0.2) is 4.79 Å². The van der Waals surface area contributed by atoms with Crippen molar-refractivity contribution in [2.24, 2.45) is 0 Å². The Balaban J connectivity index is 1.35. The molecule has 4 nitrogen and oxygen atoms in total. The van der Waals surface area contributed by atoms with E-state index in [0.29, 0.717) is 18.7 Å². The van der Waals surface area contributed by atoms with Crippen LogP contribution in [-0.4, -0.2) is 42.8 Å². The zero-order valence-corrected chi connectivity index (χ0v) is 14.2. The van der Waals surface area contributed by atoms with E-state index in [9.17, 15) is 4.79 Å². The highest BCUT2D eigenvalue weighted by atomic mass is 16.6.